The second-order valence-corrected chi connectivity index (χ2v) is 4.09. The van der Waals surface area contributed by atoms with Crippen LogP contribution in [0, 0.1) is 0 Å². The summed E-state index contributed by atoms with van der Waals surface area (Å²) in [5.74, 6) is -0.0940. The highest BCUT2D eigenvalue weighted by atomic mass is 31.1. The molecular weight excluding hydrogens is 217 g/mol. The van der Waals surface area contributed by atoms with E-state index in [-0.39, 0.29) is 11.4 Å². The molecule has 0 atom stereocenters. The summed E-state index contributed by atoms with van der Waals surface area (Å²) in [6.45, 7) is 9.52. The molecule has 0 aromatic heterocycles. The van der Waals surface area contributed by atoms with Gasteiger partial charge in [0.2, 0.25) is 5.91 Å². The van der Waals surface area contributed by atoms with Crippen LogP contribution in [0.25, 0.3) is 0 Å². The third-order valence-corrected chi connectivity index (χ3v) is 1.52. The maximum Gasteiger partial charge on any atom is 0.692 e. The summed E-state index contributed by atoms with van der Waals surface area (Å²) in [5, 5.41) is 2.85. The van der Waals surface area contributed by atoms with Crippen molar-refractivity contribution in [2.45, 2.75) is 39.2 Å². The predicted molar refractivity (Wildman–Crippen MR) is 59.4 cm³/mol. The summed E-state index contributed by atoms with van der Waals surface area (Å²) >= 11 is 0. The van der Waals surface area contributed by atoms with Crippen LogP contribution in [0.2, 0.25) is 0 Å². The highest BCUT2D eigenvalue weighted by molar-refractivity contribution is 7.30. The molecule has 0 aliphatic rings. The van der Waals surface area contributed by atoms with Crippen LogP contribution in [0.1, 0.15) is 33.6 Å². The minimum atomic E-state index is -2.87. The van der Waals surface area contributed by atoms with Crippen molar-refractivity contribution in [3.05, 3.63) is 12.7 Å². The molecule has 0 saturated heterocycles. The first-order chi connectivity index (χ1) is 6.75. The Kier molecular flexibility index (Phi) is 9.47. The summed E-state index contributed by atoms with van der Waals surface area (Å²) in [7, 11) is -2.87. The summed E-state index contributed by atoms with van der Waals surface area (Å²) in [6, 6.07) is 0. The maximum atomic E-state index is 10.9. The zero-order chi connectivity index (χ0) is 12.5. The van der Waals surface area contributed by atoms with E-state index in [2.05, 4.69) is 18.8 Å². The molecule has 1 amide bonds. The second-order valence-electron chi connectivity index (χ2n) is 3.58. The predicted octanol–water partition coefficient (Wildman–Crippen LogP) is 1.50. The van der Waals surface area contributed by atoms with Gasteiger partial charge in [0, 0.05) is 10.1 Å². The van der Waals surface area contributed by atoms with Crippen LogP contribution in [0.15, 0.2) is 12.7 Å². The molecule has 3 N–H and O–H groups in total. The number of hydrogen-bond donors (Lipinski definition) is 3. The molecule has 0 bridgehead atoms. The van der Waals surface area contributed by atoms with Crippen molar-refractivity contribution in [3.8, 4) is 0 Å². The first-order valence-corrected chi connectivity index (χ1v) is 5.71. The number of carbonyl (C=O) groups excluding carboxylic acids is 1. The first-order valence-electron chi connectivity index (χ1n) is 4.54. The molecule has 0 rings (SSSR count). The third kappa shape index (κ3) is 15.9. The quantitative estimate of drug-likeness (QED) is 0.510. The highest BCUT2D eigenvalue weighted by Gasteiger charge is 2.16. The largest absolute Gasteiger partial charge is 0.692 e. The fourth-order valence-corrected chi connectivity index (χ4v) is 1.07. The van der Waals surface area contributed by atoms with E-state index in [1.807, 2.05) is 13.8 Å². The Balaban J connectivity index is 0. The number of amides is 1. The van der Waals surface area contributed by atoms with E-state index in [1.165, 1.54) is 6.08 Å². The third-order valence-electron chi connectivity index (χ3n) is 1.52. The summed E-state index contributed by atoms with van der Waals surface area (Å²) < 4.78 is 8.70. The summed E-state index contributed by atoms with van der Waals surface area (Å²) in [6.07, 6.45) is 3.37. The molecule has 0 aromatic carbocycles. The lowest BCUT2D eigenvalue weighted by atomic mass is 9.99. The molecule has 0 spiro atoms. The normalized spacial score (nSPS) is 9.67. The second kappa shape index (κ2) is 8.53. The van der Waals surface area contributed by atoms with Crippen LogP contribution in [0.5, 0.6) is 0 Å². The van der Waals surface area contributed by atoms with Crippen molar-refractivity contribution in [1.82, 2.24) is 5.32 Å². The Morgan fingerprint density at radius 1 is 1.53 bits per heavy atom. The summed E-state index contributed by atoms with van der Waals surface area (Å²) in [4.78, 5) is 25.1. The van der Waals surface area contributed by atoms with E-state index in [4.69, 9.17) is 14.4 Å². The van der Waals surface area contributed by atoms with E-state index in [0.717, 1.165) is 12.8 Å². The number of carbonyl (C=O) groups is 1. The number of nitrogens with one attached hydrogen (secondary N) is 1. The number of hydrogen-bond acceptors (Lipinski definition) is 2. The molecule has 0 aliphatic carbocycles. The maximum absolute atomic E-state index is 10.9. The summed E-state index contributed by atoms with van der Waals surface area (Å²) in [5.41, 5.74) is -0.0972. The molecule has 0 saturated carbocycles. The molecule has 15 heavy (non-hydrogen) atoms. The molecule has 0 fully saturated rings. The average molecular weight is 236 g/mol. The van der Waals surface area contributed by atoms with E-state index in [1.54, 1.807) is 0 Å². The van der Waals surface area contributed by atoms with Crippen LogP contribution >= 0.6 is 8.25 Å². The Morgan fingerprint density at radius 2 is 1.93 bits per heavy atom. The molecule has 0 radical (unpaired) electrons. The van der Waals surface area contributed by atoms with Crippen LogP contribution in [0.3, 0.4) is 0 Å². The van der Waals surface area contributed by atoms with Gasteiger partial charge in [-0.15, -0.1) is 9.79 Å². The van der Waals surface area contributed by atoms with Gasteiger partial charge in [0.15, 0.2) is 0 Å². The molecule has 0 aromatic rings. The van der Waals surface area contributed by atoms with Crippen molar-refractivity contribution < 1.29 is 19.1 Å². The van der Waals surface area contributed by atoms with Gasteiger partial charge in [0.25, 0.3) is 0 Å². The van der Waals surface area contributed by atoms with Crippen molar-refractivity contribution in [2.75, 3.05) is 0 Å². The molecule has 88 valence electrons. The van der Waals surface area contributed by atoms with Crippen LogP contribution in [-0.2, 0) is 9.36 Å². The smallest absolute Gasteiger partial charge is 0.348 e. The first kappa shape index (κ1) is 16.7. The van der Waals surface area contributed by atoms with Gasteiger partial charge in [-0.3, -0.25) is 4.79 Å². The van der Waals surface area contributed by atoms with Gasteiger partial charge >= 0.3 is 8.25 Å². The van der Waals surface area contributed by atoms with Crippen LogP contribution in [0.4, 0.5) is 0 Å². The molecule has 0 aliphatic heterocycles. The van der Waals surface area contributed by atoms with Crippen LogP contribution in [-0.4, -0.2) is 21.2 Å². The minimum absolute atomic E-state index is 0.0940. The van der Waals surface area contributed by atoms with Crippen molar-refractivity contribution in [3.63, 3.8) is 0 Å². The zero-order valence-corrected chi connectivity index (χ0v) is 10.3. The van der Waals surface area contributed by atoms with E-state index in [0.29, 0.717) is 0 Å². The Labute approximate surface area is 91.2 Å². The minimum Gasteiger partial charge on any atom is -0.348 e. The Hall–Kier alpha value is -0.770. The van der Waals surface area contributed by atoms with Crippen LogP contribution < -0.4 is 5.32 Å². The fourth-order valence-electron chi connectivity index (χ4n) is 1.07. The molecule has 0 unspecified atom stereocenters. The fraction of sp³-hybridized carbons (Fsp3) is 0.667. The number of rotatable bonds is 4. The van der Waals surface area contributed by atoms with Gasteiger partial charge in [-0.1, -0.05) is 19.9 Å². The highest BCUT2D eigenvalue weighted by Crippen LogP contribution is 2.09. The monoisotopic (exact) mass is 236 g/mol. The molecule has 5 nitrogen and oxygen atoms in total. The standard InChI is InChI=1S/C9H17NO.HO3P/c1-5-7-9(3,4)10-8(11)6-2;1-4(2)3/h6H,2,5,7H2,1,3-4H3,(H,10,11);(H-,1,2,3)/p+1. The lowest BCUT2D eigenvalue weighted by Gasteiger charge is -2.24. The topological polar surface area (TPSA) is 86.6 Å². The van der Waals surface area contributed by atoms with E-state index < -0.39 is 8.25 Å². The molecule has 0 heterocycles. The lowest BCUT2D eigenvalue weighted by molar-refractivity contribution is -0.118. The van der Waals surface area contributed by atoms with Crippen molar-refractivity contribution >= 4 is 14.2 Å². The van der Waals surface area contributed by atoms with Gasteiger partial charge in [0.05, 0.1) is 0 Å². The molecule has 6 heteroatoms. The Morgan fingerprint density at radius 3 is 2.20 bits per heavy atom. The van der Waals surface area contributed by atoms with Crippen molar-refractivity contribution in [1.29, 1.82) is 0 Å². The van der Waals surface area contributed by atoms with Gasteiger partial charge < -0.3 is 5.32 Å². The SMILES string of the molecule is C=CC(=O)NC(C)(C)CCC.O=[P+](O)O. The van der Waals surface area contributed by atoms with Gasteiger partial charge in [0.1, 0.15) is 0 Å². The van der Waals surface area contributed by atoms with Gasteiger partial charge in [-0.25, -0.2) is 0 Å². The van der Waals surface area contributed by atoms with Crippen molar-refractivity contribution in [2.24, 2.45) is 0 Å². The zero-order valence-electron chi connectivity index (χ0n) is 9.36. The van der Waals surface area contributed by atoms with E-state index >= 15 is 0 Å². The van der Waals surface area contributed by atoms with Gasteiger partial charge in [-0.05, 0) is 26.3 Å². The Bertz CT molecular complexity index is 224. The van der Waals surface area contributed by atoms with E-state index in [9.17, 15) is 4.79 Å². The molecular formula is C9H19NO4P+. The average Bonchev–Trinajstić information content (AvgIpc) is 2.01. The lowest BCUT2D eigenvalue weighted by Crippen LogP contribution is -2.42. The van der Waals surface area contributed by atoms with Gasteiger partial charge in [-0.2, -0.15) is 0 Å².